The molecule has 0 amide bonds. The predicted molar refractivity (Wildman–Crippen MR) is 120 cm³/mol. The number of ether oxygens (including phenoxy) is 2. The molecule has 0 spiro atoms. The van der Waals surface area contributed by atoms with Crippen molar-refractivity contribution in [3.05, 3.63) is 82.8 Å². The Hall–Kier alpha value is -4.54. The lowest BCUT2D eigenvalue weighted by atomic mass is 10.2. The number of halogens is 1. The van der Waals surface area contributed by atoms with Crippen LogP contribution in [-0.2, 0) is 18.0 Å². The van der Waals surface area contributed by atoms with Gasteiger partial charge in [-0.05, 0) is 56.3 Å². The topological polar surface area (TPSA) is 138 Å². The summed E-state index contributed by atoms with van der Waals surface area (Å²) in [7, 11) is 0. The van der Waals surface area contributed by atoms with Gasteiger partial charge in [-0.15, -0.1) is 0 Å². The van der Waals surface area contributed by atoms with Crippen LogP contribution in [0.1, 0.15) is 33.2 Å². The van der Waals surface area contributed by atoms with Crippen molar-refractivity contribution in [2.24, 2.45) is 0 Å². The Balaban J connectivity index is 1.38. The van der Waals surface area contributed by atoms with Crippen LogP contribution in [0.5, 0.6) is 5.75 Å². The van der Waals surface area contributed by atoms with Crippen LogP contribution in [0.3, 0.4) is 0 Å². The van der Waals surface area contributed by atoms with Crippen LogP contribution in [0.25, 0.3) is 0 Å². The van der Waals surface area contributed by atoms with Gasteiger partial charge in [0.15, 0.2) is 12.4 Å². The number of carbonyl (C=O) groups excluding carboxylic acids is 1. The van der Waals surface area contributed by atoms with E-state index in [-0.39, 0.29) is 36.8 Å². The molecule has 0 aliphatic heterocycles. The second-order valence-corrected chi connectivity index (χ2v) is 7.26. The highest BCUT2D eigenvalue weighted by Crippen LogP contribution is 2.19. The van der Waals surface area contributed by atoms with Crippen molar-refractivity contribution >= 4 is 23.6 Å². The molecule has 174 valence electrons. The molecular formula is C23H21FN6O4. The maximum absolute atomic E-state index is 13.1. The molecule has 2 heterocycles. The van der Waals surface area contributed by atoms with Gasteiger partial charge in [0.2, 0.25) is 11.9 Å². The monoisotopic (exact) mass is 464 g/mol. The number of benzene rings is 2. The molecule has 2 aromatic heterocycles. The van der Waals surface area contributed by atoms with Crippen LogP contribution in [0.15, 0.2) is 53.1 Å². The largest absolute Gasteiger partial charge is 0.489 e. The molecule has 4 rings (SSSR count). The minimum atomic E-state index is -0.588. The summed E-state index contributed by atoms with van der Waals surface area (Å²) in [4.78, 5) is 24.7. The summed E-state index contributed by atoms with van der Waals surface area (Å²) in [5.74, 6) is 0.445. The molecule has 0 atom stereocenters. The number of hydrogen-bond donors (Lipinski definition) is 2. The van der Waals surface area contributed by atoms with E-state index >= 15 is 0 Å². The molecule has 11 heteroatoms. The summed E-state index contributed by atoms with van der Waals surface area (Å²) in [6, 6.07) is 12.2. The van der Waals surface area contributed by atoms with Crippen LogP contribution < -0.4 is 15.8 Å². The van der Waals surface area contributed by atoms with E-state index in [9.17, 15) is 9.18 Å². The third-order valence-corrected chi connectivity index (χ3v) is 4.77. The van der Waals surface area contributed by atoms with E-state index in [4.69, 9.17) is 19.7 Å². The molecule has 3 N–H and O–H groups in total. The van der Waals surface area contributed by atoms with Crippen molar-refractivity contribution in [2.75, 3.05) is 11.1 Å². The van der Waals surface area contributed by atoms with Crippen LogP contribution in [0.4, 0.5) is 22.0 Å². The number of esters is 1. The van der Waals surface area contributed by atoms with E-state index in [1.54, 1.807) is 31.2 Å². The number of hydrogen-bond acceptors (Lipinski definition) is 10. The van der Waals surface area contributed by atoms with E-state index in [1.165, 1.54) is 24.3 Å². The number of anilines is 3. The van der Waals surface area contributed by atoms with E-state index < -0.39 is 5.97 Å². The minimum absolute atomic E-state index is 0.0552. The Morgan fingerprint density at radius 1 is 1.09 bits per heavy atom. The van der Waals surface area contributed by atoms with Gasteiger partial charge in [0.05, 0.1) is 16.8 Å². The SMILES string of the molecule is Cc1noc(C)c1COc1cccc(C(=O)OCc2nc(N)nc(Nc3ccc(F)cc3)n2)c1. The zero-order valence-electron chi connectivity index (χ0n) is 18.4. The Kier molecular flexibility index (Phi) is 6.62. The first-order valence-electron chi connectivity index (χ1n) is 10.2. The smallest absolute Gasteiger partial charge is 0.338 e. The van der Waals surface area contributed by atoms with Gasteiger partial charge in [0, 0.05) is 5.69 Å². The van der Waals surface area contributed by atoms with Crippen molar-refractivity contribution < 1.29 is 23.2 Å². The first kappa shape index (κ1) is 22.6. The van der Waals surface area contributed by atoms with Crippen LogP contribution in [-0.4, -0.2) is 26.1 Å². The summed E-state index contributed by atoms with van der Waals surface area (Å²) < 4.78 is 29.3. The average molecular weight is 464 g/mol. The highest BCUT2D eigenvalue weighted by atomic mass is 19.1. The van der Waals surface area contributed by atoms with Crippen molar-refractivity contribution in [3.8, 4) is 5.75 Å². The van der Waals surface area contributed by atoms with E-state index in [0.29, 0.717) is 22.8 Å². The number of nitrogen functional groups attached to an aromatic ring is 1. The number of nitrogens with zero attached hydrogens (tertiary/aromatic N) is 4. The molecule has 0 saturated carbocycles. The number of rotatable bonds is 8. The number of aryl methyl sites for hydroxylation is 2. The summed E-state index contributed by atoms with van der Waals surface area (Å²) in [6.07, 6.45) is 0. The lowest BCUT2D eigenvalue weighted by molar-refractivity contribution is 0.0461. The normalized spacial score (nSPS) is 10.7. The molecule has 34 heavy (non-hydrogen) atoms. The van der Waals surface area contributed by atoms with Crippen LogP contribution in [0.2, 0.25) is 0 Å². The Labute approximate surface area is 193 Å². The average Bonchev–Trinajstić information content (AvgIpc) is 3.14. The van der Waals surface area contributed by atoms with Crippen LogP contribution >= 0.6 is 0 Å². The molecule has 10 nitrogen and oxygen atoms in total. The van der Waals surface area contributed by atoms with Crippen molar-refractivity contribution in [1.29, 1.82) is 0 Å². The van der Waals surface area contributed by atoms with E-state index in [1.807, 2.05) is 6.92 Å². The summed E-state index contributed by atoms with van der Waals surface area (Å²) in [5, 5.41) is 6.79. The highest BCUT2D eigenvalue weighted by Gasteiger charge is 2.13. The fourth-order valence-electron chi connectivity index (χ4n) is 3.01. The minimum Gasteiger partial charge on any atom is -0.489 e. The Morgan fingerprint density at radius 3 is 2.62 bits per heavy atom. The fourth-order valence-corrected chi connectivity index (χ4v) is 3.01. The molecule has 0 bridgehead atoms. The van der Waals surface area contributed by atoms with Gasteiger partial charge in [0.1, 0.15) is 23.9 Å². The van der Waals surface area contributed by atoms with Gasteiger partial charge < -0.3 is 25.0 Å². The van der Waals surface area contributed by atoms with Crippen molar-refractivity contribution in [3.63, 3.8) is 0 Å². The standard InChI is InChI=1S/C23H21FN6O4/c1-13-19(14(2)34-30-13)11-32-18-5-3-4-15(10-18)21(31)33-12-20-27-22(25)29-23(28-20)26-17-8-6-16(24)7-9-17/h3-10H,11-12H2,1-2H3,(H3,25,26,27,28,29). The quantitative estimate of drug-likeness (QED) is 0.369. The summed E-state index contributed by atoms with van der Waals surface area (Å²) in [5.41, 5.74) is 8.19. The summed E-state index contributed by atoms with van der Waals surface area (Å²) in [6.45, 7) is 3.67. The number of nitrogens with two attached hydrogens (primary N) is 1. The zero-order chi connectivity index (χ0) is 24.1. The molecule has 2 aromatic carbocycles. The Morgan fingerprint density at radius 2 is 1.88 bits per heavy atom. The molecule has 0 aliphatic carbocycles. The second-order valence-electron chi connectivity index (χ2n) is 7.26. The molecule has 0 fully saturated rings. The first-order chi connectivity index (χ1) is 16.4. The van der Waals surface area contributed by atoms with Gasteiger partial charge in [-0.25, -0.2) is 9.18 Å². The lowest BCUT2D eigenvalue weighted by Crippen LogP contribution is -2.11. The molecule has 0 aliphatic rings. The van der Waals surface area contributed by atoms with Gasteiger partial charge in [-0.2, -0.15) is 15.0 Å². The number of carbonyl (C=O) groups is 1. The maximum atomic E-state index is 13.1. The number of nitrogens with one attached hydrogen (secondary N) is 1. The number of aromatic nitrogens is 4. The molecular weight excluding hydrogens is 443 g/mol. The lowest BCUT2D eigenvalue weighted by Gasteiger charge is -2.09. The molecule has 4 aromatic rings. The van der Waals surface area contributed by atoms with Crippen molar-refractivity contribution in [1.82, 2.24) is 20.1 Å². The highest BCUT2D eigenvalue weighted by molar-refractivity contribution is 5.89. The maximum Gasteiger partial charge on any atom is 0.338 e. The predicted octanol–water partition coefficient (Wildman–Crippen LogP) is 3.88. The molecule has 0 unspecified atom stereocenters. The first-order valence-corrected chi connectivity index (χ1v) is 10.2. The van der Waals surface area contributed by atoms with Gasteiger partial charge in [-0.1, -0.05) is 11.2 Å². The Bertz CT molecular complexity index is 1290. The third-order valence-electron chi connectivity index (χ3n) is 4.77. The van der Waals surface area contributed by atoms with Crippen LogP contribution in [0, 0.1) is 19.7 Å². The van der Waals surface area contributed by atoms with Gasteiger partial charge in [0.25, 0.3) is 0 Å². The third kappa shape index (κ3) is 5.63. The van der Waals surface area contributed by atoms with Crippen molar-refractivity contribution in [2.45, 2.75) is 27.1 Å². The molecule has 0 saturated heterocycles. The molecule has 0 radical (unpaired) electrons. The second kappa shape index (κ2) is 9.94. The van der Waals surface area contributed by atoms with Gasteiger partial charge >= 0.3 is 5.97 Å². The van der Waals surface area contributed by atoms with Gasteiger partial charge in [-0.3, -0.25) is 0 Å². The summed E-state index contributed by atoms with van der Waals surface area (Å²) >= 11 is 0. The van der Waals surface area contributed by atoms with E-state index in [0.717, 1.165) is 11.3 Å². The fraction of sp³-hybridized carbons (Fsp3) is 0.174. The zero-order valence-corrected chi connectivity index (χ0v) is 18.4. The van der Waals surface area contributed by atoms with E-state index in [2.05, 4.69) is 25.4 Å².